The van der Waals surface area contributed by atoms with Crippen molar-refractivity contribution in [2.75, 3.05) is 7.11 Å². The highest BCUT2D eigenvalue weighted by Crippen LogP contribution is 2.31. The Morgan fingerprint density at radius 3 is 2.79 bits per heavy atom. The van der Waals surface area contributed by atoms with Gasteiger partial charge in [0, 0.05) is 12.4 Å². The fourth-order valence-electron chi connectivity index (χ4n) is 2.77. The molecule has 24 heavy (non-hydrogen) atoms. The number of aromatic nitrogens is 2. The average molecular weight is 321 g/mol. The van der Waals surface area contributed by atoms with Gasteiger partial charge in [-0.05, 0) is 55.5 Å². The van der Waals surface area contributed by atoms with Gasteiger partial charge < -0.3 is 9.47 Å². The molecule has 1 aliphatic rings. The van der Waals surface area contributed by atoms with Crippen molar-refractivity contribution in [2.45, 2.75) is 31.8 Å². The first-order valence-electron chi connectivity index (χ1n) is 8.04. The molecule has 5 heteroatoms. The number of ether oxygens (including phenoxy) is 2. The summed E-state index contributed by atoms with van der Waals surface area (Å²) in [6.45, 7) is 0. The molecule has 0 aliphatic heterocycles. The van der Waals surface area contributed by atoms with Crippen LogP contribution in [-0.2, 0) is 0 Å². The van der Waals surface area contributed by atoms with Crippen LogP contribution < -0.4 is 9.47 Å². The van der Waals surface area contributed by atoms with Crippen LogP contribution in [0.15, 0.2) is 36.7 Å². The molecule has 122 valence electrons. The van der Waals surface area contributed by atoms with E-state index in [1.165, 1.54) is 12.8 Å². The van der Waals surface area contributed by atoms with Crippen LogP contribution in [0.2, 0.25) is 0 Å². The van der Waals surface area contributed by atoms with Crippen molar-refractivity contribution in [3.05, 3.63) is 47.9 Å². The van der Waals surface area contributed by atoms with E-state index in [0.29, 0.717) is 22.9 Å². The Morgan fingerprint density at radius 1 is 1.29 bits per heavy atom. The lowest BCUT2D eigenvalue weighted by Crippen LogP contribution is -2.13. The lowest BCUT2D eigenvalue weighted by Gasteiger charge is -2.15. The fraction of sp³-hybridized carbons (Fsp3) is 0.316. The molecule has 0 aromatic carbocycles. The van der Waals surface area contributed by atoms with E-state index in [2.05, 4.69) is 16.0 Å². The summed E-state index contributed by atoms with van der Waals surface area (Å²) in [5.74, 6) is 1.04. The lowest BCUT2D eigenvalue weighted by atomic mass is 10.1. The monoisotopic (exact) mass is 321 g/mol. The highest BCUT2D eigenvalue weighted by molar-refractivity contribution is 5.88. The van der Waals surface area contributed by atoms with Crippen molar-refractivity contribution in [3.63, 3.8) is 0 Å². The summed E-state index contributed by atoms with van der Waals surface area (Å²) in [5.41, 5.74) is 1.88. The van der Waals surface area contributed by atoms with E-state index in [9.17, 15) is 5.26 Å². The van der Waals surface area contributed by atoms with Crippen LogP contribution in [0.5, 0.6) is 11.6 Å². The summed E-state index contributed by atoms with van der Waals surface area (Å²) in [7, 11) is 1.59. The van der Waals surface area contributed by atoms with Crippen LogP contribution in [0.25, 0.3) is 11.6 Å². The normalized spacial score (nSPS) is 15.1. The molecule has 0 unspecified atom stereocenters. The summed E-state index contributed by atoms with van der Waals surface area (Å²) in [6, 6.07) is 9.48. The molecule has 1 saturated carbocycles. The summed E-state index contributed by atoms with van der Waals surface area (Å²) < 4.78 is 11.3. The SMILES string of the molecule is COc1ccc(C(C#N)=Cc2cccnc2)nc1OC1CCCC1. The Balaban J connectivity index is 1.92. The molecule has 1 aliphatic carbocycles. The van der Waals surface area contributed by atoms with E-state index >= 15 is 0 Å². The van der Waals surface area contributed by atoms with Gasteiger partial charge in [-0.1, -0.05) is 6.07 Å². The van der Waals surface area contributed by atoms with Crippen LogP contribution in [0, 0.1) is 11.3 Å². The minimum absolute atomic E-state index is 0.175. The van der Waals surface area contributed by atoms with Gasteiger partial charge in [0.2, 0.25) is 0 Å². The summed E-state index contributed by atoms with van der Waals surface area (Å²) in [5, 5.41) is 9.49. The predicted octanol–water partition coefficient (Wildman–Crippen LogP) is 3.87. The van der Waals surface area contributed by atoms with E-state index in [1.54, 1.807) is 37.7 Å². The Morgan fingerprint density at radius 2 is 2.12 bits per heavy atom. The molecule has 2 heterocycles. The molecule has 0 N–H and O–H groups in total. The zero-order valence-corrected chi connectivity index (χ0v) is 13.6. The topological polar surface area (TPSA) is 68.0 Å². The van der Waals surface area contributed by atoms with Gasteiger partial charge in [-0.25, -0.2) is 4.98 Å². The molecule has 0 atom stereocenters. The second-order valence-corrected chi connectivity index (χ2v) is 5.68. The van der Waals surface area contributed by atoms with Gasteiger partial charge in [-0.2, -0.15) is 5.26 Å². The first kappa shape index (κ1) is 16.0. The van der Waals surface area contributed by atoms with E-state index in [1.807, 2.05) is 12.1 Å². The minimum Gasteiger partial charge on any atom is -0.491 e. The van der Waals surface area contributed by atoms with Crippen molar-refractivity contribution >= 4 is 11.6 Å². The Hall–Kier alpha value is -2.87. The number of pyridine rings is 2. The Kier molecular flexibility index (Phi) is 5.07. The summed E-state index contributed by atoms with van der Waals surface area (Å²) in [4.78, 5) is 8.58. The molecule has 0 amide bonds. The van der Waals surface area contributed by atoms with Gasteiger partial charge in [0.1, 0.15) is 12.2 Å². The van der Waals surface area contributed by atoms with Crippen LogP contribution in [0.4, 0.5) is 0 Å². The van der Waals surface area contributed by atoms with Crippen LogP contribution >= 0.6 is 0 Å². The van der Waals surface area contributed by atoms with Crippen molar-refractivity contribution in [1.82, 2.24) is 9.97 Å². The molecular weight excluding hydrogens is 302 g/mol. The minimum atomic E-state index is 0.175. The molecule has 0 radical (unpaired) electrons. The zero-order valence-electron chi connectivity index (χ0n) is 13.6. The van der Waals surface area contributed by atoms with Gasteiger partial charge in [-0.15, -0.1) is 0 Å². The van der Waals surface area contributed by atoms with Gasteiger partial charge in [0.15, 0.2) is 5.75 Å². The molecule has 2 aromatic rings. The van der Waals surface area contributed by atoms with Crippen molar-refractivity contribution in [2.24, 2.45) is 0 Å². The number of nitriles is 1. The number of hydrogen-bond acceptors (Lipinski definition) is 5. The standard InChI is InChI=1S/C19H19N3O2/c1-23-18-9-8-17(22-19(18)24-16-6-2-3-7-16)15(12-20)11-14-5-4-10-21-13-14/h4-5,8-11,13,16H,2-3,6-7H2,1H3. The highest BCUT2D eigenvalue weighted by atomic mass is 16.5. The van der Waals surface area contributed by atoms with Crippen LogP contribution in [0.3, 0.4) is 0 Å². The second kappa shape index (κ2) is 7.60. The van der Waals surface area contributed by atoms with E-state index in [4.69, 9.17) is 9.47 Å². The maximum atomic E-state index is 9.49. The molecule has 1 fully saturated rings. The molecule has 2 aromatic heterocycles. The third-order valence-electron chi connectivity index (χ3n) is 4.02. The molecule has 0 saturated heterocycles. The summed E-state index contributed by atoms with van der Waals surface area (Å²) in [6.07, 6.45) is 9.76. The molecule has 0 spiro atoms. The third-order valence-corrected chi connectivity index (χ3v) is 4.02. The van der Waals surface area contributed by atoms with Crippen molar-refractivity contribution < 1.29 is 9.47 Å². The first-order valence-corrected chi connectivity index (χ1v) is 8.04. The molecule has 3 rings (SSSR count). The van der Waals surface area contributed by atoms with Crippen molar-refractivity contribution in [1.29, 1.82) is 5.26 Å². The second-order valence-electron chi connectivity index (χ2n) is 5.68. The van der Waals surface area contributed by atoms with Gasteiger partial charge >= 0.3 is 0 Å². The van der Waals surface area contributed by atoms with E-state index in [0.717, 1.165) is 18.4 Å². The van der Waals surface area contributed by atoms with Gasteiger partial charge in [0.25, 0.3) is 5.88 Å². The van der Waals surface area contributed by atoms with E-state index in [-0.39, 0.29) is 6.10 Å². The third kappa shape index (κ3) is 3.72. The van der Waals surface area contributed by atoms with Crippen LogP contribution in [0.1, 0.15) is 36.9 Å². The number of hydrogen-bond donors (Lipinski definition) is 0. The average Bonchev–Trinajstić information content (AvgIpc) is 3.13. The fourth-order valence-corrected chi connectivity index (χ4v) is 2.77. The molecular formula is C19H19N3O2. The quantitative estimate of drug-likeness (QED) is 0.782. The Labute approximate surface area is 141 Å². The molecule has 0 bridgehead atoms. The lowest BCUT2D eigenvalue weighted by molar-refractivity contribution is 0.191. The number of allylic oxidation sites excluding steroid dienone is 1. The predicted molar refractivity (Wildman–Crippen MR) is 91.4 cm³/mol. The maximum Gasteiger partial charge on any atom is 0.257 e. The molecule has 5 nitrogen and oxygen atoms in total. The number of nitrogens with zero attached hydrogens (tertiary/aromatic N) is 3. The van der Waals surface area contributed by atoms with Crippen molar-refractivity contribution in [3.8, 4) is 17.7 Å². The first-order chi connectivity index (χ1) is 11.8. The van der Waals surface area contributed by atoms with Crippen LogP contribution in [-0.4, -0.2) is 23.2 Å². The highest BCUT2D eigenvalue weighted by Gasteiger charge is 2.20. The van der Waals surface area contributed by atoms with Gasteiger partial charge in [0.05, 0.1) is 18.4 Å². The smallest absolute Gasteiger partial charge is 0.257 e. The Bertz CT molecular complexity index is 760. The largest absolute Gasteiger partial charge is 0.491 e. The zero-order chi connectivity index (χ0) is 16.8. The summed E-state index contributed by atoms with van der Waals surface area (Å²) >= 11 is 0. The van der Waals surface area contributed by atoms with Gasteiger partial charge in [-0.3, -0.25) is 4.98 Å². The number of rotatable bonds is 5. The maximum absolute atomic E-state index is 9.49. The van der Waals surface area contributed by atoms with E-state index < -0.39 is 0 Å². The number of methoxy groups -OCH3 is 1.